The first-order valence-corrected chi connectivity index (χ1v) is 13.8. The Balaban J connectivity index is 1.46. The number of nitrogens with zero attached hydrogens (tertiary/aromatic N) is 1. The van der Waals surface area contributed by atoms with Gasteiger partial charge >= 0.3 is 18.0 Å². The highest BCUT2D eigenvalue weighted by Crippen LogP contribution is 2.25. The van der Waals surface area contributed by atoms with E-state index in [-0.39, 0.29) is 47.7 Å². The van der Waals surface area contributed by atoms with Crippen molar-refractivity contribution in [3.63, 3.8) is 0 Å². The zero-order valence-electron chi connectivity index (χ0n) is 24.2. The Morgan fingerprint density at radius 3 is 2.02 bits per heavy atom. The van der Waals surface area contributed by atoms with Gasteiger partial charge in [0.15, 0.2) is 0 Å². The molecule has 3 aromatic rings. The number of halogens is 1. The van der Waals surface area contributed by atoms with Gasteiger partial charge in [-0.1, -0.05) is 0 Å². The molecule has 0 saturated carbocycles. The maximum absolute atomic E-state index is 13.5. The monoisotopic (exact) mass is 593 g/mol. The van der Waals surface area contributed by atoms with Gasteiger partial charge in [-0.2, -0.15) is 10.2 Å². The number of aromatic hydroxyl groups is 1. The molecule has 10 nitrogen and oxygen atoms in total. The van der Waals surface area contributed by atoms with Crippen molar-refractivity contribution < 1.29 is 47.5 Å². The standard InChI is InChI=1S/C32H33FN2O8/c1-32(2,3)43-31(40)35(19-4-5-26(18-20-35)41-30(39)23-8-14-25(36)15-9-23)34-28(37)21-10-16-27(17-11-21)42-29(38)22-6-12-24(33)13-7-22/h6-17,26H,4-5,18-20H2,1-3H3,(H-,34,36,37,39)/p+1. The molecule has 3 aromatic carbocycles. The molecule has 11 heteroatoms. The summed E-state index contributed by atoms with van der Waals surface area (Å²) in [6.45, 7) is 5.52. The lowest BCUT2D eigenvalue weighted by atomic mass is 10.1. The number of nitrogens with one attached hydrogen (secondary N) is 1. The lowest BCUT2D eigenvalue weighted by Gasteiger charge is -2.34. The van der Waals surface area contributed by atoms with Gasteiger partial charge in [-0.25, -0.2) is 14.0 Å². The summed E-state index contributed by atoms with van der Waals surface area (Å²) in [6.07, 6.45) is 0.0516. The van der Waals surface area contributed by atoms with E-state index in [4.69, 9.17) is 14.2 Å². The summed E-state index contributed by atoms with van der Waals surface area (Å²) in [5.41, 5.74) is 2.67. The van der Waals surface area contributed by atoms with Gasteiger partial charge in [-0.05, 0) is 100.0 Å². The number of phenols is 1. The van der Waals surface area contributed by atoms with Gasteiger partial charge in [0.05, 0.1) is 11.1 Å². The van der Waals surface area contributed by atoms with Gasteiger partial charge in [0.1, 0.15) is 42.1 Å². The SMILES string of the molecule is CC(C)(C)OC(=O)[N+]1(NC(=O)c2ccc(OC(=O)c3ccc(F)cc3)cc2)CCCC(OC(=O)c2ccc(O)cc2)CC1. The van der Waals surface area contributed by atoms with E-state index < -0.39 is 46.1 Å². The second-order valence-corrected chi connectivity index (χ2v) is 11.3. The largest absolute Gasteiger partial charge is 0.541 e. The summed E-state index contributed by atoms with van der Waals surface area (Å²) in [6, 6.07) is 16.4. The highest BCUT2D eigenvalue weighted by atomic mass is 19.1. The Bertz CT molecular complexity index is 1470. The third kappa shape index (κ3) is 8.39. The number of ether oxygens (including phenoxy) is 3. The van der Waals surface area contributed by atoms with Crippen LogP contribution >= 0.6 is 0 Å². The van der Waals surface area contributed by atoms with Crippen LogP contribution in [0.2, 0.25) is 0 Å². The van der Waals surface area contributed by atoms with Gasteiger partial charge < -0.3 is 19.3 Å². The molecule has 2 amide bonds. The van der Waals surface area contributed by atoms with E-state index in [1.54, 1.807) is 20.8 Å². The number of amides is 2. The van der Waals surface area contributed by atoms with Crippen LogP contribution in [0, 0.1) is 5.82 Å². The van der Waals surface area contributed by atoms with Crippen molar-refractivity contribution in [3.05, 3.63) is 95.3 Å². The first-order chi connectivity index (χ1) is 20.3. The maximum Gasteiger partial charge on any atom is 0.541 e. The lowest BCUT2D eigenvalue weighted by molar-refractivity contribution is -0.892. The number of benzene rings is 3. The summed E-state index contributed by atoms with van der Waals surface area (Å²) in [5.74, 6) is -2.06. The predicted octanol–water partition coefficient (Wildman–Crippen LogP) is 5.56. The van der Waals surface area contributed by atoms with Crippen molar-refractivity contribution >= 4 is 23.9 Å². The minimum Gasteiger partial charge on any atom is -0.508 e. The van der Waals surface area contributed by atoms with Gasteiger partial charge in [-0.3, -0.25) is 4.79 Å². The van der Waals surface area contributed by atoms with E-state index in [2.05, 4.69) is 5.43 Å². The minimum atomic E-state index is -0.819. The Morgan fingerprint density at radius 1 is 0.814 bits per heavy atom. The van der Waals surface area contributed by atoms with Crippen LogP contribution in [-0.4, -0.2) is 58.4 Å². The molecule has 1 aliphatic rings. The lowest BCUT2D eigenvalue weighted by Crippen LogP contribution is -2.65. The molecule has 2 N–H and O–H groups in total. The second kappa shape index (κ2) is 13.0. The van der Waals surface area contributed by atoms with E-state index in [0.29, 0.717) is 12.8 Å². The summed E-state index contributed by atoms with van der Waals surface area (Å²) in [5, 5.41) is 9.48. The van der Waals surface area contributed by atoms with Crippen LogP contribution in [0.15, 0.2) is 72.8 Å². The average molecular weight is 594 g/mol. The first kappa shape index (κ1) is 31.2. The van der Waals surface area contributed by atoms with Crippen molar-refractivity contribution in [1.29, 1.82) is 0 Å². The normalized spacial score (nSPS) is 18.6. The van der Waals surface area contributed by atoms with E-state index >= 15 is 0 Å². The average Bonchev–Trinajstić information content (AvgIpc) is 3.16. The molecule has 0 bridgehead atoms. The van der Waals surface area contributed by atoms with Crippen LogP contribution in [0.4, 0.5) is 9.18 Å². The molecule has 0 aromatic heterocycles. The molecule has 1 saturated heterocycles. The van der Waals surface area contributed by atoms with E-state index in [9.17, 15) is 28.7 Å². The molecule has 43 heavy (non-hydrogen) atoms. The van der Waals surface area contributed by atoms with Gasteiger partial charge in [0.25, 0.3) is 5.91 Å². The minimum absolute atomic E-state index is 0.0295. The van der Waals surface area contributed by atoms with Crippen molar-refractivity contribution in [1.82, 2.24) is 5.43 Å². The predicted molar refractivity (Wildman–Crippen MR) is 153 cm³/mol. The molecule has 0 spiro atoms. The summed E-state index contributed by atoms with van der Waals surface area (Å²) < 4.78 is 29.3. The summed E-state index contributed by atoms with van der Waals surface area (Å²) >= 11 is 0. The van der Waals surface area contributed by atoms with Crippen molar-refractivity contribution in [2.24, 2.45) is 0 Å². The first-order valence-electron chi connectivity index (χ1n) is 13.8. The zero-order valence-corrected chi connectivity index (χ0v) is 24.2. The van der Waals surface area contributed by atoms with Gasteiger partial charge in [0, 0.05) is 18.4 Å². The molecule has 4 rings (SSSR count). The molecule has 226 valence electrons. The zero-order chi connectivity index (χ0) is 31.2. The Hall–Kier alpha value is -4.77. The van der Waals surface area contributed by atoms with Crippen molar-refractivity contribution in [2.75, 3.05) is 13.1 Å². The van der Waals surface area contributed by atoms with Crippen LogP contribution in [0.1, 0.15) is 71.1 Å². The second-order valence-electron chi connectivity index (χ2n) is 11.3. The Labute approximate surface area is 248 Å². The number of quaternary nitrogens is 1. The smallest absolute Gasteiger partial charge is 0.508 e. The Kier molecular flexibility index (Phi) is 9.45. The molecule has 0 radical (unpaired) electrons. The quantitative estimate of drug-likeness (QED) is 0.224. The number of carbonyl (C=O) groups is 4. The number of hydrogen-bond acceptors (Lipinski definition) is 8. The molecule has 1 fully saturated rings. The van der Waals surface area contributed by atoms with Crippen LogP contribution in [0.5, 0.6) is 11.5 Å². The number of carbonyl (C=O) groups excluding carboxylic acids is 4. The molecular formula is C32H34FN2O8+. The van der Waals surface area contributed by atoms with Gasteiger partial charge in [-0.15, -0.1) is 4.59 Å². The van der Waals surface area contributed by atoms with E-state index in [0.717, 1.165) is 12.1 Å². The number of hydrogen-bond donors (Lipinski definition) is 2. The number of phenolic OH excluding ortho intramolecular Hbond substituents is 1. The summed E-state index contributed by atoms with van der Waals surface area (Å²) in [4.78, 5) is 51.9. The molecule has 2 atom stereocenters. The third-order valence-electron chi connectivity index (χ3n) is 6.74. The van der Waals surface area contributed by atoms with E-state index in [1.165, 1.54) is 60.7 Å². The third-order valence-corrected chi connectivity index (χ3v) is 6.74. The fourth-order valence-electron chi connectivity index (χ4n) is 4.52. The van der Waals surface area contributed by atoms with Crippen molar-refractivity contribution in [2.45, 2.75) is 51.7 Å². The topological polar surface area (TPSA) is 128 Å². The fourth-order valence-corrected chi connectivity index (χ4v) is 4.52. The van der Waals surface area contributed by atoms with Crippen LogP contribution < -0.4 is 10.2 Å². The fraction of sp³-hybridized carbons (Fsp3) is 0.312. The summed E-state index contributed by atoms with van der Waals surface area (Å²) in [7, 11) is 0. The molecule has 1 aliphatic heterocycles. The molecule has 0 aliphatic carbocycles. The van der Waals surface area contributed by atoms with Crippen LogP contribution in [-0.2, 0) is 9.47 Å². The number of rotatable bonds is 5. The van der Waals surface area contributed by atoms with Crippen LogP contribution in [0.25, 0.3) is 0 Å². The molecule has 2 unspecified atom stereocenters. The van der Waals surface area contributed by atoms with Crippen LogP contribution in [0.3, 0.4) is 0 Å². The van der Waals surface area contributed by atoms with E-state index in [1.807, 2.05) is 0 Å². The van der Waals surface area contributed by atoms with Gasteiger partial charge in [0.2, 0.25) is 0 Å². The number of esters is 2. The maximum atomic E-state index is 13.5. The Morgan fingerprint density at radius 2 is 1.40 bits per heavy atom. The highest BCUT2D eigenvalue weighted by Gasteiger charge is 2.45. The number of likely N-dealkylation sites (tertiary alicyclic amines) is 1. The highest BCUT2D eigenvalue weighted by molar-refractivity contribution is 5.94. The molecular weight excluding hydrogens is 559 g/mol. The van der Waals surface area contributed by atoms with Crippen molar-refractivity contribution in [3.8, 4) is 11.5 Å². The molecule has 1 heterocycles.